The van der Waals surface area contributed by atoms with E-state index in [1.807, 2.05) is 11.8 Å². The van der Waals surface area contributed by atoms with Gasteiger partial charge >= 0.3 is 0 Å². The van der Waals surface area contributed by atoms with Gasteiger partial charge in [0.1, 0.15) is 0 Å². The van der Waals surface area contributed by atoms with E-state index in [0.29, 0.717) is 6.04 Å². The summed E-state index contributed by atoms with van der Waals surface area (Å²) in [6.45, 7) is 5.66. The summed E-state index contributed by atoms with van der Waals surface area (Å²) in [7, 11) is 0. The zero-order chi connectivity index (χ0) is 11.8. The minimum Gasteiger partial charge on any atom is -0.309 e. The van der Waals surface area contributed by atoms with Crippen LogP contribution in [0.1, 0.15) is 31.9 Å². The standard InChI is InChI=1S/C14H23NS/c1-12(2)11-14(15-9-10-16-3)13-7-5-4-6-8-13/h4-8,12,14-15H,9-11H2,1-3H3. The summed E-state index contributed by atoms with van der Waals surface area (Å²) in [5.41, 5.74) is 1.41. The highest BCUT2D eigenvalue weighted by atomic mass is 32.2. The van der Waals surface area contributed by atoms with Crippen LogP contribution in [0.25, 0.3) is 0 Å². The van der Waals surface area contributed by atoms with Gasteiger partial charge in [0.2, 0.25) is 0 Å². The molecule has 1 rings (SSSR count). The van der Waals surface area contributed by atoms with E-state index in [1.54, 1.807) is 0 Å². The third kappa shape index (κ3) is 5.04. The van der Waals surface area contributed by atoms with E-state index < -0.39 is 0 Å². The zero-order valence-electron chi connectivity index (χ0n) is 10.6. The van der Waals surface area contributed by atoms with Gasteiger partial charge in [0, 0.05) is 18.3 Å². The van der Waals surface area contributed by atoms with E-state index in [2.05, 4.69) is 55.8 Å². The maximum absolute atomic E-state index is 3.65. The van der Waals surface area contributed by atoms with Crippen LogP contribution in [0, 0.1) is 5.92 Å². The second kappa shape index (κ2) is 7.75. The maximum Gasteiger partial charge on any atom is 0.0323 e. The first-order valence-corrected chi connectivity index (χ1v) is 7.40. The van der Waals surface area contributed by atoms with Crippen molar-refractivity contribution in [3.63, 3.8) is 0 Å². The molecule has 0 aliphatic heterocycles. The van der Waals surface area contributed by atoms with Gasteiger partial charge in [-0.15, -0.1) is 0 Å². The van der Waals surface area contributed by atoms with Crippen LogP contribution < -0.4 is 5.32 Å². The second-order valence-electron chi connectivity index (χ2n) is 4.54. The number of hydrogen-bond acceptors (Lipinski definition) is 2. The van der Waals surface area contributed by atoms with Gasteiger partial charge in [0.15, 0.2) is 0 Å². The fourth-order valence-electron chi connectivity index (χ4n) is 1.83. The molecule has 0 amide bonds. The van der Waals surface area contributed by atoms with E-state index in [9.17, 15) is 0 Å². The fraction of sp³-hybridized carbons (Fsp3) is 0.571. The summed E-state index contributed by atoms with van der Waals surface area (Å²) in [6, 6.07) is 11.3. The Kier molecular flexibility index (Phi) is 6.58. The summed E-state index contributed by atoms with van der Waals surface area (Å²) in [5.74, 6) is 1.91. The summed E-state index contributed by atoms with van der Waals surface area (Å²) in [5, 5.41) is 3.65. The number of thioether (sulfide) groups is 1. The highest BCUT2D eigenvalue weighted by Crippen LogP contribution is 2.20. The molecule has 0 bridgehead atoms. The lowest BCUT2D eigenvalue weighted by molar-refractivity contribution is 0.439. The number of benzene rings is 1. The Bertz CT molecular complexity index is 271. The maximum atomic E-state index is 3.65. The molecular weight excluding hydrogens is 214 g/mol. The molecule has 1 nitrogen and oxygen atoms in total. The van der Waals surface area contributed by atoms with Crippen molar-refractivity contribution in [3.8, 4) is 0 Å². The Hall–Kier alpha value is -0.470. The molecule has 0 fully saturated rings. The average molecular weight is 237 g/mol. The molecular formula is C14H23NS. The molecule has 0 heterocycles. The molecule has 0 radical (unpaired) electrons. The van der Waals surface area contributed by atoms with E-state index in [1.165, 1.54) is 17.7 Å². The Labute approximate surface area is 104 Å². The van der Waals surface area contributed by atoms with E-state index in [0.717, 1.165) is 12.5 Å². The molecule has 1 unspecified atom stereocenters. The monoisotopic (exact) mass is 237 g/mol. The average Bonchev–Trinajstić information content (AvgIpc) is 2.29. The van der Waals surface area contributed by atoms with Crippen molar-refractivity contribution in [3.05, 3.63) is 35.9 Å². The van der Waals surface area contributed by atoms with E-state index >= 15 is 0 Å². The number of rotatable bonds is 7. The lowest BCUT2D eigenvalue weighted by Crippen LogP contribution is -2.25. The van der Waals surface area contributed by atoms with Crippen molar-refractivity contribution in [2.45, 2.75) is 26.3 Å². The molecule has 0 saturated carbocycles. The zero-order valence-corrected chi connectivity index (χ0v) is 11.4. The molecule has 0 spiro atoms. The second-order valence-corrected chi connectivity index (χ2v) is 5.53. The molecule has 16 heavy (non-hydrogen) atoms. The minimum atomic E-state index is 0.508. The van der Waals surface area contributed by atoms with Crippen LogP contribution in [0.3, 0.4) is 0 Å². The Morgan fingerprint density at radius 2 is 1.88 bits per heavy atom. The molecule has 1 aromatic carbocycles. The largest absolute Gasteiger partial charge is 0.309 e. The van der Waals surface area contributed by atoms with Gasteiger partial charge < -0.3 is 5.32 Å². The van der Waals surface area contributed by atoms with Crippen LogP contribution in [-0.4, -0.2) is 18.6 Å². The molecule has 0 aromatic heterocycles. The van der Waals surface area contributed by atoms with Gasteiger partial charge in [-0.1, -0.05) is 44.2 Å². The van der Waals surface area contributed by atoms with Crippen molar-refractivity contribution < 1.29 is 0 Å². The fourth-order valence-corrected chi connectivity index (χ4v) is 2.15. The molecule has 0 aliphatic rings. The SMILES string of the molecule is CSCCNC(CC(C)C)c1ccccc1. The van der Waals surface area contributed by atoms with Gasteiger partial charge in [-0.25, -0.2) is 0 Å². The summed E-state index contributed by atoms with van der Waals surface area (Å²) >= 11 is 1.90. The van der Waals surface area contributed by atoms with Gasteiger partial charge in [0.05, 0.1) is 0 Å². The molecule has 0 saturated heterocycles. The first-order valence-electron chi connectivity index (χ1n) is 6.01. The van der Waals surface area contributed by atoms with Gasteiger partial charge in [-0.3, -0.25) is 0 Å². The van der Waals surface area contributed by atoms with Crippen LogP contribution in [0.4, 0.5) is 0 Å². The molecule has 2 heteroatoms. The van der Waals surface area contributed by atoms with E-state index in [4.69, 9.17) is 0 Å². The topological polar surface area (TPSA) is 12.0 Å². The third-order valence-corrected chi connectivity index (χ3v) is 3.22. The van der Waals surface area contributed by atoms with Crippen molar-refractivity contribution >= 4 is 11.8 Å². The van der Waals surface area contributed by atoms with Gasteiger partial charge in [-0.2, -0.15) is 11.8 Å². The molecule has 90 valence electrons. The summed E-state index contributed by atoms with van der Waals surface area (Å²) in [6.07, 6.45) is 3.36. The lowest BCUT2D eigenvalue weighted by atomic mass is 9.97. The third-order valence-electron chi connectivity index (χ3n) is 2.61. The van der Waals surface area contributed by atoms with Crippen LogP contribution in [0.5, 0.6) is 0 Å². The van der Waals surface area contributed by atoms with Crippen LogP contribution in [0.2, 0.25) is 0 Å². The minimum absolute atomic E-state index is 0.508. The first-order chi connectivity index (χ1) is 7.74. The van der Waals surface area contributed by atoms with Crippen LogP contribution in [0.15, 0.2) is 30.3 Å². The predicted octanol–water partition coefficient (Wildman–Crippen LogP) is 3.73. The van der Waals surface area contributed by atoms with E-state index in [-0.39, 0.29) is 0 Å². The summed E-state index contributed by atoms with van der Waals surface area (Å²) in [4.78, 5) is 0. The normalized spacial score (nSPS) is 13.0. The van der Waals surface area contributed by atoms with Crippen molar-refractivity contribution in [1.29, 1.82) is 0 Å². The number of hydrogen-bond donors (Lipinski definition) is 1. The van der Waals surface area contributed by atoms with Crippen molar-refractivity contribution in [2.24, 2.45) is 5.92 Å². The van der Waals surface area contributed by atoms with Crippen LogP contribution in [-0.2, 0) is 0 Å². The lowest BCUT2D eigenvalue weighted by Gasteiger charge is -2.21. The Morgan fingerprint density at radius 1 is 1.19 bits per heavy atom. The quantitative estimate of drug-likeness (QED) is 0.725. The molecule has 1 atom stereocenters. The Balaban J connectivity index is 2.56. The first kappa shape index (κ1) is 13.6. The Morgan fingerprint density at radius 3 is 2.44 bits per heavy atom. The smallest absolute Gasteiger partial charge is 0.0323 e. The molecule has 0 aliphatic carbocycles. The number of nitrogens with one attached hydrogen (secondary N) is 1. The van der Waals surface area contributed by atoms with Crippen LogP contribution >= 0.6 is 11.8 Å². The van der Waals surface area contributed by atoms with Gasteiger partial charge in [0.25, 0.3) is 0 Å². The van der Waals surface area contributed by atoms with Crippen molar-refractivity contribution in [2.75, 3.05) is 18.6 Å². The molecule has 1 N–H and O–H groups in total. The predicted molar refractivity (Wildman–Crippen MR) is 75.0 cm³/mol. The highest BCUT2D eigenvalue weighted by molar-refractivity contribution is 7.98. The summed E-state index contributed by atoms with van der Waals surface area (Å²) < 4.78 is 0. The van der Waals surface area contributed by atoms with Gasteiger partial charge in [-0.05, 0) is 24.2 Å². The molecule has 1 aromatic rings. The van der Waals surface area contributed by atoms with Crippen molar-refractivity contribution in [1.82, 2.24) is 5.32 Å². The highest BCUT2D eigenvalue weighted by Gasteiger charge is 2.11.